The maximum absolute atomic E-state index is 5.63. The van der Waals surface area contributed by atoms with Crippen LogP contribution in [-0.2, 0) is 6.42 Å². The van der Waals surface area contributed by atoms with Crippen LogP contribution in [-0.4, -0.2) is 11.6 Å². The van der Waals surface area contributed by atoms with E-state index in [4.69, 9.17) is 4.74 Å². The minimum absolute atomic E-state index is 0.560. The summed E-state index contributed by atoms with van der Waals surface area (Å²) in [4.78, 5) is 4.25. The van der Waals surface area contributed by atoms with Crippen LogP contribution in [0.5, 0.6) is 5.75 Å². The van der Waals surface area contributed by atoms with Crippen molar-refractivity contribution in [1.29, 1.82) is 0 Å². The number of aromatic nitrogens is 1. The molecule has 1 aromatic heterocycles. The van der Waals surface area contributed by atoms with Crippen LogP contribution in [0.1, 0.15) is 26.5 Å². The fourth-order valence-electron chi connectivity index (χ4n) is 1.08. The molecule has 0 aliphatic rings. The molecule has 0 bridgehead atoms. The minimum atomic E-state index is 0.560. The Morgan fingerprint density at radius 1 is 1.46 bits per heavy atom. The minimum Gasteiger partial charge on any atom is -0.491 e. The number of pyridine rings is 1. The first-order valence-electron chi connectivity index (χ1n) is 4.80. The van der Waals surface area contributed by atoms with Gasteiger partial charge in [0.2, 0.25) is 0 Å². The highest BCUT2D eigenvalue weighted by molar-refractivity contribution is 5.26. The summed E-state index contributed by atoms with van der Waals surface area (Å²) in [5.41, 5.74) is 1.04. The first-order chi connectivity index (χ1) is 6.24. The zero-order valence-electron chi connectivity index (χ0n) is 8.58. The molecule has 1 rings (SSSR count). The number of hydrogen-bond acceptors (Lipinski definition) is 2. The molecule has 0 saturated carbocycles. The number of aryl methyl sites for hydroxylation is 1. The van der Waals surface area contributed by atoms with Crippen LogP contribution >= 0.6 is 0 Å². The van der Waals surface area contributed by atoms with E-state index in [9.17, 15) is 0 Å². The van der Waals surface area contributed by atoms with Crippen molar-refractivity contribution in [1.82, 2.24) is 4.98 Å². The molecule has 0 aliphatic heterocycles. The third-order valence-corrected chi connectivity index (χ3v) is 1.76. The molecule has 0 aliphatic carbocycles. The zero-order valence-corrected chi connectivity index (χ0v) is 8.58. The topological polar surface area (TPSA) is 22.1 Å². The summed E-state index contributed by atoms with van der Waals surface area (Å²) < 4.78 is 5.63. The van der Waals surface area contributed by atoms with Gasteiger partial charge >= 0.3 is 0 Å². The van der Waals surface area contributed by atoms with Gasteiger partial charge in [-0.3, -0.25) is 4.98 Å². The van der Waals surface area contributed by atoms with E-state index in [1.54, 1.807) is 6.20 Å². The highest BCUT2D eigenvalue weighted by atomic mass is 16.5. The smallest absolute Gasteiger partial charge is 0.140 e. The van der Waals surface area contributed by atoms with Gasteiger partial charge in [0.15, 0.2) is 0 Å². The lowest BCUT2D eigenvalue weighted by molar-refractivity contribution is 0.267. The van der Waals surface area contributed by atoms with E-state index in [1.165, 1.54) is 0 Å². The van der Waals surface area contributed by atoms with Crippen LogP contribution in [0.15, 0.2) is 18.3 Å². The van der Waals surface area contributed by atoms with Crippen molar-refractivity contribution in [2.45, 2.75) is 27.2 Å². The van der Waals surface area contributed by atoms with Gasteiger partial charge in [-0.25, -0.2) is 0 Å². The molecule has 0 spiro atoms. The number of hydrogen-bond donors (Lipinski definition) is 0. The Bertz CT molecular complexity index is 258. The quantitative estimate of drug-likeness (QED) is 0.709. The molecule has 72 valence electrons. The average molecular weight is 179 g/mol. The highest BCUT2D eigenvalue weighted by Gasteiger charge is 2.02. The van der Waals surface area contributed by atoms with Crippen molar-refractivity contribution in [2.75, 3.05) is 6.61 Å². The summed E-state index contributed by atoms with van der Waals surface area (Å²) in [6.45, 7) is 7.13. The molecule has 13 heavy (non-hydrogen) atoms. The number of nitrogens with zero attached hydrogens (tertiary/aromatic N) is 1. The Balaban J connectivity index is 2.64. The molecular weight excluding hydrogens is 162 g/mol. The fraction of sp³-hybridized carbons (Fsp3) is 0.545. The Morgan fingerprint density at radius 2 is 2.23 bits per heavy atom. The van der Waals surface area contributed by atoms with E-state index >= 15 is 0 Å². The molecule has 0 fully saturated rings. The molecule has 1 aromatic rings. The second kappa shape index (κ2) is 4.85. The van der Waals surface area contributed by atoms with Crippen molar-refractivity contribution in [3.05, 3.63) is 24.0 Å². The molecule has 0 atom stereocenters. The lowest BCUT2D eigenvalue weighted by Crippen LogP contribution is -2.06. The average Bonchev–Trinajstić information content (AvgIpc) is 2.15. The van der Waals surface area contributed by atoms with Gasteiger partial charge < -0.3 is 4.74 Å². The molecule has 2 nitrogen and oxygen atoms in total. The molecule has 0 saturated heterocycles. The molecule has 0 radical (unpaired) electrons. The predicted molar refractivity (Wildman–Crippen MR) is 53.9 cm³/mol. The van der Waals surface area contributed by atoms with Crippen molar-refractivity contribution in [3.8, 4) is 5.75 Å². The van der Waals surface area contributed by atoms with Crippen LogP contribution in [0.25, 0.3) is 0 Å². The summed E-state index contributed by atoms with van der Waals surface area (Å²) in [5, 5.41) is 0. The van der Waals surface area contributed by atoms with Crippen LogP contribution < -0.4 is 4.74 Å². The fourth-order valence-corrected chi connectivity index (χ4v) is 1.08. The molecule has 2 heteroatoms. The molecule has 0 unspecified atom stereocenters. The van der Waals surface area contributed by atoms with Gasteiger partial charge in [-0.2, -0.15) is 0 Å². The van der Waals surface area contributed by atoms with Crippen LogP contribution in [0, 0.1) is 5.92 Å². The van der Waals surface area contributed by atoms with Crippen LogP contribution in [0.2, 0.25) is 0 Å². The predicted octanol–water partition coefficient (Wildman–Crippen LogP) is 2.68. The van der Waals surface area contributed by atoms with Crippen LogP contribution in [0.4, 0.5) is 0 Å². The van der Waals surface area contributed by atoms with Gasteiger partial charge in [-0.15, -0.1) is 0 Å². The van der Waals surface area contributed by atoms with Gasteiger partial charge in [0.25, 0.3) is 0 Å². The summed E-state index contributed by atoms with van der Waals surface area (Å²) in [7, 11) is 0. The summed E-state index contributed by atoms with van der Waals surface area (Å²) in [5.74, 6) is 1.49. The van der Waals surface area contributed by atoms with E-state index in [-0.39, 0.29) is 0 Å². The van der Waals surface area contributed by atoms with Gasteiger partial charge in [-0.1, -0.05) is 20.8 Å². The third-order valence-electron chi connectivity index (χ3n) is 1.76. The van der Waals surface area contributed by atoms with Crippen molar-refractivity contribution >= 4 is 0 Å². The normalized spacial score (nSPS) is 10.5. The monoisotopic (exact) mass is 179 g/mol. The summed E-state index contributed by atoms with van der Waals surface area (Å²) in [6.07, 6.45) is 2.73. The van der Waals surface area contributed by atoms with Gasteiger partial charge in [-0.05, 0) is 24.5 Å². The van der Waals surface area contributed by atoms with Gasteiger partial charge in [0.05, 0.1) is 12.3 Å². The molecule has 0 amide bonds. The van der Waals surface area contributed by atoms with E-state index in [1.807, 2.05) is 12.1 Å². The lowest BCUT2D eigenvalue weighted by atomic mass is 10.2. The van der Waals surface area contributed by atoms with Gasteiger partial charge in [0, 0.05) is 6.20 Å². The maximum atomic E-state index is 5.63. The van der Waals surface area contributed by atoms with Crippen LogP contribution in [0.3, 0.4) is 0 Å². The number of rotatable bonds is 4. The second-order valence-corrected chi connectivity index (χ2v) is 3.51. The Hall–Kier alpha value is -1.05. The molecule has 1 heterocycles. The second-order valence-electron chi connectivity index (χ2n) is 3.51. The van der Waals surface area contributed by atoms with Crippen molar-refractivity contribution < 1.29 is 4.74 Å². The maximum Gasteiger partial charge on any atom is 0.140 e. The first-order valence-corrected chi connectivity index (χ1v) is 4.80. The SMILES string of the molecule is CCc1ncccc1OCC(C)C. The summed E-state index contributed by atoms with van der Waals surface area (Å²) >= 11 is 0. The number of ether oxygens (including phenoxy) is 1. The third kappa shape index (κ3) is 3.05. The van der Waals surface area contributed by atoms with Gasteiger partial charge in [0.1, 0.15) is 5.75 Å². The Kier molecular flexibility index (Phi) is 3.74. The summed E-state index contributed by atoms with van der Waals surface area (Å²) in [6, 6.07) is 3.89. The zero-order chi connectivity index (χ0) is 9.68. The Labute approximate surface area is 80.0 Å². The van der Waals surface area contributed by atoms with E-state index in [0.717, 1.165) is 24.5 Å². The van der Waals surface area contributed by atoms with Crippen molar-refractivity contribution in [2.24, 2.45) is 5.92 Å². The molecule has 0 N–H and O–H groups in total. The highest BCUT2D eigenvalue weighted by Crippen LogP contribution is 2.16. The Morgan fingerprint density at radius 3 is 2.85 bits per heavy atom. The van der Waals surface area contributed by atoms with Crippen molar-refractivity contribution in [3.63, 3.8) is 0 Å². The lowest BCUT2D eigenvalue weighted by Gasteiger charge is -2.10. The standard InChI is InChI=1S/C11H17NO/c1-4-10-11(6-5-7-12-10)13-8-9(2)3/h5-7,9H,4,8H2,1-3H3. The molecule has 0 aromatic carbocycles. The largest absolute Gasteiger partial charge is 0.491 e. The van der Waals surface area contributed by atoms with E-state index in [2.05, 4.69) is 25.8 Å². The first kappa shape index (κ1) is 10.0. The van der Waals surface area contributed by atoms with E-state index < -0.39 is 0 Å². The van der Waals surface area contributed by atoms with E-state index in [0.29, 0.717) is 5.92 Å². The molecular formula is C11H17NO.